The molecule has 4 atom stereocenters. The van der Waals surface area contributed by atoms with E-state index in [1.807, 2.05) is 12.3 Å². The van der Waals surface area contributed by atoms with Crippen molar-refractivity contribution in [1.29, 1.82) is 0 Å². The number of ether oxygens (including phenoxy) is 1. The summed E-state index contributed by atoms with van der Waals surface area (Å²) in [7, 11) is 0. The van der Waals surface area contributed by atoms with E-state index in [4.69, 9.17) is 9.72 Å². The highest BCUT2D eigenvalue weighted by molar-refractivity contribution is 6.06. The maximum Gasteiger partial charge on any atom is 0.255 e. The first-order chi connectivity index (χ1) is 29.6. The number of benzene rings is 2. The maximum absolute atomic E-state index is 15.4. The summed E-state index contributed by atoms with van der Waals surface area (Å²) < 4.78 is 21.7. The normalized spacial score (nSPS) is 28.2. The fourth-order valence-corrected chi connectivity index (χ4v) is 12.3. The summed E-state index contributed by atoms with van der Waals surface area (Å²) in [5.41, 5.74) is 7.65. The molecule has 3 amide bonds. The molecule has 6 aliphatic heterocycles. The number of nitrogens with one attached hydrogen (secondary N) is 2. The molecule has 2 N–H and O–H groups in total. The van der Waals surface area contributed by atoms with Crippen LogP contribution in [0.2, 0.25) is 0 Å². The number of carbonyl (C=O) groups is 3. The Morgan fingerprint density at radius 1 is 0.967 bits per heavy atom. The van der Waals surface area contributed by atoms with Gasteiger partial charge in [0.15, 0.2) is 0 Å². The van der Waals surface area contributed by atoms with Gasteiger partial charge in [-0.1, -0.05) is 6.07 Å². The molecule has 12 rings (SSSR count). The number of amides is 3. The maximum atomic E-state index is 15.4. The van der Waals surface area contributed by atoms with Crippen LogP contribution in [0.5, 0.6) is 5.75 Å². The lowest BCUT2D eigenvalue weighted by Crippen LogP contribution is -2.59. The molecule has 2 aliphatic carbocycles. The van der Waals surface area contributed by atoms with E-state index in [1.54, 1.807) is 4.90 Å². The van der Waals surface area contributed by atoms with Gasteiger partial charge < -0.3 is 19.4 Å². The van der Waals surface area contributed by atoms with Gasteiger partial charge in [-0.15, -0.1) is 0 Å². The predicted octanol–water partition coefficient (Wildman–Crippen LogP) is 5.14. The molecule has 5 fully saturated rings. The number of rotatable bonds is 7. The van der Waals surface area contributed by atoms with Crippen LogP contribution in [0.4, 0.5) is 15.8 Å². The number of piperidine rings is 2. The van der Waals surface area contributed by atoms with Crippen LogP contribution in [0, 0.1) is 11.3 Å². The number of hydrogen-bond acceptors (Lipinski definition) is 10. The van der Waals surface area contributed by atoms with Crippen molar-refractivity contribution in [2.75, 3.05) is 62.2 Å². The number of fused-ring (bicyclic) bond motifs is 7. The van der Waals surface area contributed by atoms with Gasteiger partial charge in [0.1, 0.15) is 24.1 Å². The number of imide groups is 1. The first kappa shape index (κ1) is 37.7. The van der Waals surface area contributed by atoms with Crippen LogP contribution in [-0.2, 0) is 22.6 Å². The van der Waals surface area contributed by atoms with Gasteiger partial charge >= 0.3 is 0 Å². The summed E-state index contributed by atoms with van der Waals surface area (Å²) in [5, 5.41) is 11.0. The Kier molecular flexibility index (Phi) is 8.62. The Morgan fingerprint density at radius 2 is 1.82 bits per heavy atom. The number of aromatic nitrogens is 3. The van der Waals surface area contributed by atoms with Crippen molar-refractivity contribution in [1.82, 2.24) is 35.2 Å². The molecule has 0 radical (unpaired) electrons. The second-order valence-electron chi connectivity index (χ2n) is 19.7. The van der Waals surface area contributed by atoms with E-state index in [1.165, 1.54) is 42.5 Å². The molecule has 2 aromatic heterocycles. The molecule has 3 saturated heterocycles. The van der Waals surface area contributed by atoms with Crippen molar-refractivity contribution >= 4 is 40.0 Å². The van der Waals surface area contributed by atoms with E-state index in [2.05, 4.69) is 78.6 Å². The van der Waals surface area contributed by atoms with E-state index < -0.39 is 11.7 Å². The molecule has 13 nitrogen and oxygen atoms in total. The molecule has 14 heteroatoms. The van der Waals surface area contributed by atoms with Crippen molar-refractivity contribution in [2.45, 2.75) is 101 Å². The minimum absolute atomic E-state index is 0.0890. The van der Waals surface area contributed by atoms with Gasteiger partial charge in [-0.05, 0) is 117 Å². The number of anilines is 2. The van der Waals surface area contributed by atoms with Crippen LogP contribution < -0.4 is 19.9 Å². The number of halogens is 1. The number of carbonyl (C=O) groups excluding carboxylic acids is 3. The zero-order valence-corrected chi connectivity index (χ0v) is 34.9. The fraction of sp³-hybridized carbons (Fsp3) is 0.553. The van der Waals surface area contributed by atoms with Crippen molar-refractivity contribution in [3.05, 3.63) is 76.7 Å². The molecule has 0 bridgehead atoms. The standard InChI is InChI=1S/C47H54FN9O4/c1-28-16-35-33(3-5-37-36(35)22-50-52-37)43(57(28)27-47(48)8-9-47)38-4-2-31(21-49-38)54-12-10-46(11-13-54)19-29(20-46)23-53-14-15-55-32(25-53)26-61-41-18-34-30(17-40(41)55)24-56(45(34)60)39-6-7-42(58)51-44(39)59/h2-5,17-18,21-22,28-29,32,39,43H,6-16,19-20,23-27H2,1H3,(H,50,52)(H,51,58,59)/t28-,32+,39-,43+/m1/s1. The molecule has 2 saturated carbocycles. The molecule has 318 valence electrons. The molecule has 0 unspecified atom stereocenters. The lowest BCUT2D eigenvalue weighted by Gasteiger charge is -2.54. The summed E-state index contributed by atoms with van der Waals surface area (Å²) in [4.78, 5) is 54.4. The van der Waals surface area contributed by atoms with Crippen molar-refractivity contribution in [3.63, 3.8) is 0 Å². The summed E-state index contributed by atoms with van der Waals surface area (Å²) in [6.45, 7) is 9.73. The number of aromatic amines is 1. The van der Waals surface area contributed by atoms with Gasteiger partial charge in [0, 0.05) is 75.8 Å². The Balaban J connectivity index is 0.656. The third kappa shape index (κ3) is 6.41. The molecular formula is C47H54FN9O4. The molecule has 8 heterocycles. The molecule has 2 aromatic carbocycles. The molecular weight excluding hydrogens is 774 g/mol. The second-order valence-corrected chi connectivity index (χ2v) is 19.7. The number of nitrogens with zero attached hydrogens (tertiary/aromatic N) is 7. The fourth-order valence-electron chi connectivity index (χ4n) is 12.3. The second kappa shape index (κ2) is 14.0. The Hall–Kier alpha value is -5.08. The zero-order chi connectivity index (χ0) is 41.2. The number of piperazine rings is 1. The molecule has 61 heavy (non-hydrogen) atoms. The van der Waals surface area contributed by atoms with Gasteiger partial charge in [-0.25, -0.2) is 4.39 Å². The van der Waals surface area contributed by atoms with Crippen LogP contribution in [-0.4, -0.2) is 124 Å². The number of pyridine rings is 1. The molecule has 8 aliphatic rings. The Labute approximate surface area is 354 Å². The third-order valence-electron chi connectivity index (χ3n) is 15.8. The number of H-pyrrole nitrogens is 1. The highest BCUT2D eigenvalue weighted by atomic mass is 19.1. The largest absolute Gasteiger partial charge is 0.489 e. The van der Waals surface area contributed by atoms with E-state index in [0.29, 0.717) is 49.9 Å². The average Bonchev–Trinajstić information content (AvgIpc) is 3.62. The summed E-state index contributed by atoms with van der Waals surface area (Å²) in [6.07, 6.45) is 11.8. The first-order valence-electron chi connectivity index (χ1n) is 22.6. The number of alkyl halides is 1. The van der Waals surface area contributed by atoms with E-state index >= 15 is 4.39 Å². The lowest BCUT2D eigenvalue weighted by molar-refractivity contribution is -0.136. The van der Waals surface area contributed by atoms with E-state index in [-0.39, 0.29) is 42.3 Å². The van der Waals surface area contributed by atoms with Crippen molar-refractivity contribution in [3.8, 4) is 5.75 Å². The smallest absolute Gasteiger partial charge is 0.255 e. The Bertz CT molecular complexity index is 2440. The quantitative estimate of drug-likeness (QED) is 0.242. The van der Waals surface area contributed by atoms with Crippen molar-refractivity contribution in [2.24, 2.45) is 11.3 Å². The van der Waals surface area contributed by atoms with Gasteiger partial charge in [0.2, 0.25) is 11.8 Å². The van der Waals surface area contributed by atoms with E-state index in [9.17, 15) is 14.4 Å². The van der Waals surface area contributed by atoms with Crippen LogP contribution in [0.15, 0.2) is 48.8 Å². The lowest BCUT2D eigenvalue weighted by atomic mass is 9.57. The van der Waals surface area contributed by atoms with Gasteiger partial charge in [-0.2, -0.15) is 5.10 Å². The topological polar surface area (TPSA) is 130 Å². The summed E-state index contributed by atoms with van der Waals surface area (Å²) >= 11 is 0. The SMILES string of the molecule is C[C@@H]1Cc2c(ccc3[nH]ncc23)[C@@H](c2ccc(N3CCC4(CC3)CC(CN3CCN5c6cc7c(cc6OC[C@@H]5C3)C(=O)N([C@@H]3CCC(=O)NC3=O)C7)C4)cn2)N1CC1(F)CC1. The van der Waals surface area contributed by atoms with Gasteiger partial charge in [-0.3, -0.25) is 39.6 Å². The van der Waals surface area contributed by atoms with Crippen LogP contribution >= 0.6 is 0 Å². The highest BCUT2D eigenvalue weighted by Gasteiger charge is 2.49. The van der Waals surface area contributed by atoms with Crippen LogP contribution in [0.3, 0.4) is 0 Å². The van der Waals surface area contributed by atoms with Gasteiger partial charge in [0.05, 0.1) is 47.1 Å². The number of hydrogen-bond donors (Lipinski definition) is 2. The van der Waals surface area contributed by atoms with Crippen LogP contribution in [0.25, 0.3) is 10.9 Å². The monoisotopic (exact) mass is 827 g/mol. The predicted molar refractivity (Wildman–Crippen MR) is 227 cm³/mol. The van der Waals surface area contributed by atoms with Crippen molar-refractivity contribution < 1.29 is 23.5 Å². The average molecular weight is 828 g/mol. The minimum Gasteiger partial charge on any atom is -0.489 e. The first-order valence-corrected chi connectivity index (χ1v) is 22.6. The zero-order valence-electron chi connectivity index (χ0n) is 34.9. The van der Waals surface area contributed by atoms with E-state index in [0.717, 1.165) is 85.2 Å². The third-order valence-corrected chi connectivity index (χ3v) is 15.8. The Morgan fingerprint density at radius 3 is 2.61 bits per heavy atom. The highest BCUT2D eigenvalue weighted by Crippen LogP contribution is 2.54. The van der Waals surface area contributed by atoms with Gasteiger partial charge in [0.25, 0.3) is 5.91 Å². The summed E-state index contributed by atoms with van der Waals surface area (Å²) in [5.74, 6) is 0.628. The van der Waals surface area contributed by atoms with Crippen LogP contribution in [0.1, 0.15) is 97.1 Å². The molecule has 4 aromatic rings. The molecule has 1 spiro atoms. The summed E-state index contributed by atoms with van der Waals surface area (Å²) in [6, 6.07) is 12.4. The minimum atomic E-state index is -1.08.